The zero-order valence-corrected chi connectivity index (χ0v) is 25.4. The summed E-state index contributed by atoms with van der Waals surface area (Å²) in [6, 6.07) is 20.3. The number of tetrazole rings is 1. The number of aromatic nitrogens is 5. The largest absolute Gasteiger partial charge is 0.454 e. The third-order valence-corrected chi connectivity index (χ3v) is 9.06. The summed E-state index contributed by atoms with van der Waals surface area (Å²) < 4.78 is 12.9. The minimum Gasteiger partial charge on any atom is -0.454 e. The van der Waals surface area contributed by atoms with Crippen molar-refractivity contribution < 1.29 is 9.47 Å². The van der Waals surface area contributed by atoms with E-state index >= 15 is 0 Å². The van der Waals surface area contributed by atoms with E-state index in [0.717, 1.165) is 67.1 Å². The molecule has 2 aromatic heterocycles. The van der Waals surface area contributed by atoms with Crippen molar-refractivity contribution in [1.82, 2.24) is 35.0 Å². The first-order valence-corrected chi connectivity index (χ1v) is 15.2. The van der Waals surface area contributed by atoms with Gasteiger partial charge in [0.15, 0.2) is 17.3 Å². The molecule has 0 bridgehead atoms. The molecule has 44 heavy (non-hydrogen) atoms. The number of nitrogens with one attached hydrogen (secondary N) is 1. The molecule has 0 spiro atoms. The zero-order chi connectivity index (χ0) is 30.2. The van der Waals surface area contributed by atoms with Gasteiger partial charge in [0.05, 0.1) is 5.52 Å². The molecule has 0 saturated carbocycles. The predicted molar refractivity (Wildman–Crippen MR) is 168 cm³/mol. The number of hydrogen-bond acceptors (Lipinski definition) is 8. The van der Waals surface area contributed by atoms with Gasteiger partial charge in [0.1, 0.15) is 6.04 Å². The maximum absolute atomic E-state index is 13.9. The Morgan fingerprint density at radius 1 is 0.886 bits per heavy atom. The van der Waals surface area contributed by atoms with Crippen molar-refractivity contribution in [2.45, 2.75) is 46.3 Å². The van der Waals surface area contributed by atoms with Crippen LogP contribution in [0.5, 0.6) is 11.5 Å². The van der Waals surface area contributed by atoms with Gasteiger partial charge in [-0.3, -0.25) is 14.6 Å². The van der Waals surface area contributed by atoms with Gasteiger partial charge in [-0.25, -0.2) is 4.68 Å². The number of benzene rings is 3. The third kappa shape index (κ3) is 5.46. The Kier molecular flexibility index (Phi) is 7.61. The number of ether oxygens (including phenoxy) is 2. The fourth-order valence-electron chi connectivity index (χ4n) is 6.50. The van der Waals surface area contributed by atoms with Gasteiger partial charge in [-0.15, -0.1) is 5.10 Å². The van der Waals surface area contributed by atoms with E-state index in [9.17, 15) is 4.79 Å². The van der Waals surface area contributed by atoms with Crippen LogP contribution in [0.2, 0.25) is 0 Å². The van der Waals surface area contributed by atoms with E-state index < -0.39 is 0 Å². The molecule has 3 aromatic carbocycles. The standard InChI is InChI=1S/C34H37N7O3/c1-22-17-23(2)31-27(24(22)3)19-28(34(42)35-31)32(33-36-37-38-41(33)12-11-25-7-5-4-6-8-25)40-15-13-39(14-16-40)20-26-9-10-29-30(18-26)44-21-43-29/h4-10,17-19,32H,11-16,20-21H2,1-3H3,(H,35,42). The van der Waals surface area contributed by atoms with E-state index in [1.165, 1.54) is 22.3 Å². The first kappa shape index (κ1) is 28.2. The lowest BCUT2D eigenvalue weighted by Gasteiger charge is -2.38. The van der Waals surface area contributed by atoms with Crippen LogP contribution in [-0.2, 0) is 19.5 Å². The fraction of sp³-hybridized carbons (Fsp3) is 0.353. The highest BCUT2D eigenvalue weighted by Gasteiger charge is 2.33. The average Bonchev–Trinajstić information content (AvgIpc) is 3.70. The van der Waals surface area contributed by atoms with E-state index in [-0.39, 0.29) is 18.4 Å². The molecule has 5 aromatic rings. The Labute approximate surface area is 256 Å². The molecule has 7 rings (SSSR count). The summed E-state index contributed by atoms with van der Waals surface area (Å²) >= 11 is 0. The highest BCUT2D eigenvalue weighted by molar-refractivity contribution is 5.86. The highest BCUT2D eigenvalue weighted by atomic mass is 16.7. The van der Waals surface area contributed by atoms with E-state index in [0.29, 0.717) is 17.9 Å². The first-order valence-electron chi connectivity index (χ1n) is 15.2. The van der Waals surface area contributed by atoms with Crippen LogP contribution < -0.4 is 15.0 Å². The number of pyridine rings is 1. The Morgan fingerprint density at radius 3 is 2.50 bits per heavy atom. The lowest BCUT2D eigenvalue weighted by Crippen LogP contribution is -2.48. The lowest BCUT2D eigenvalue weighted by molar-refractivity contribution is 0.0996. The van der Waals surface area contributed by atoms with Crippen LogP contribution in [0.4, 0.5) is 0 Å². The van der Waals surface area contributed by atoms with Crippen molar-refractivity contribution in [2.24, 2.45) is 0 Å². The number of nitrogens with zero attached hydrogens (tertiary/aromatic N) is 6. The van der Waals surface area contributed by atoms with Crippen LogP contribution in [0.25, 0.3) is 10.9 Å². The molecule has 1 saturated heterocycles. The Bertz CT molecular complexity index is 1860. The van der Waals surface area contributed by atoms with Crippen molar-refractivity contribution in [3.63, 3.8) is 0 Å². The molecule has 226 valence electrons. The summed E-state index contributed by atoms with van der Waals surface area (Å²) in [5.41, 5.74) is 7.29. The van der Waals surface area contributed by atoms with E-state index in [1.807, 2.05) is 35.9 Å². The normalized spacial score (nSPS) is 16.1. The molecule has 0 radical (unpaired) electrons. The van der Waals surface area contributed by atoms with Crippen LogP contribution in [0.3, 0.4) is 0 Å². The third-order valence-electron chi connectivity index (χ3n) is 9.06. The molecule has 1 fully saturated rings. The lowest BCUT2D eigenvalue weighted by atomic mass is 9.96. The van der Waals surface area contributed by atoms with Crippen molar-refractivity contribution in [3.8, 4) is 11.5 Å². The van der Waals surface area contributed by atoms with Crippen molar-refractivity contribution in [2.75, 3.05) is 33.0 Å². The van der Waals surface area contributed by atoms with E-state index in [1.54, 1.807) is 0 Å². The van der Waals surface area contributed by atoms with Crippen molar-refractivity contribution >= 4 is 10.9 Å². The second-order valence-electron chi connectivity index (χ2n) is 11.9. The molecule has 1 atom stereocenters. The number of fused-ring (bicyclic) bond motifs is 2. The fourth-order valence-corrected chi connectivity index (χ4v) is 6.50. The van der Waals surface area contributed by atoms with Crippen LogP contribution in [0.15, 0.2) is 65.5 Å². The summed E-state index contributed by atoms with van der Waals surface area (Å²) in [6.07, 6.45) is 0.792. The number of rotatable bonds is 8. The van der Waals surface area contributed by atoms with E-state index in [4.69, 9.17) is 9.47 Å². The molecule has 4 heterocycles. The number of aromatic amines is 1. The molecule has 2 aliphatic rings. The Hall–Kier alpha value is -4.54. The molecule has 2 aliphatic heterocycles. The maximum Gasteiger partial charge on any atom is 0.253 e. The van der Waals surface area contributed by atoms with Gasteiger partial charge < -0.3 is 14.5 Å². The van der Waals surface area contributed by atoms with Gasteiger partial charge in [0, 0.05) is 50.2 Å². The maximum atomic E-state index is 13.9. The smallest absolute Gasteiger partial charge is 0.253 e. The average molecular weight is 592 g/mol. The second kappa shape index (κ2) is 11.9. The minimum atomic E-state index is -0.387. The van der Waals surface area contributed by atoms with Gasteiger partial charge in [-0.05, 0) is 83.6 Å². The summed E-state index contributed by atoms with van der Waals surface area (Å²) in [4.78, 5) is 21.9. The molecule has 10 nitrogen and oxygen atoms in total. The first-order chi connectivity index (χ1) is 21.4. The van der Waals surface area contributed by atoms with Gasteiger partial charge in [-0.2, -0.15) is 0 Å². The molecule has 1 N–H and O–H groups in total. The topological polar surface area (TPSA) is 101 Å². The molecule has 1 unspecified atom stereocenters. The summed E-state index contributed by atoms with van der Waals surface area (Å²) in [7, 11) is 0. The highest BCUT2D eigenvalue weighted by Crippen LogP contribution is 2.34. The molecule has 0 amide bonds. The molecular formula is C34H37N7O3. The van der Waals surface area contributed by atoms with Gasteiger partial charge in [0.2, 0.25) is 6.79 Å². The second-order valence-corrected chi connectivity index (χ2v) is 11.9. The summed E-state index contributed by atoms with van der Waals surface area (Å²) in [5, 5.41) is 14.1. The monoisotopic (exact) mass is 591 g/mol. The van der Waals surface area contributed by atoms with Gasteiger partial charge >= 0.3 is 0 Å². The van der Waals surface area contributed by atoms with Crippen LogP contribution in [0.1, 0.15) is 45.2 Å². The van der Waals surface area contributed by atoms with Crippen molar-refractivity contribution in [1.29, 1.82) is 0 Å². The molecule has 10 heteroatoms. The zero-order valence-electron chi connectivity index (χ0n) is 25.4. The van der Waals surface area contributed by atoms with Crippen LogP contribution in [-0.4, -0.2) is 68.0 Å². The van der Waals surface area contributed by atoms with Gasteiger partial charge in [-0.1, -0.05) is 42.5 Å². The molecular weight excluding hydrogens is 554 g/mol. The number of hydrogen-bond donors (Lipinski definition) is 1. The molecule has 0 aliphatic carbocycles. The Morgan fingerprint density at radius 2 is 1.68 bits per heavy atom. The SMILES string of the molecule is Cc1cc(C)c2[nH]c(=O)c(C(c3nnnn3CCc3ccccc3)N3CCN(Cc4ccc5c(c4)OCO5)CC3)cc2c1C. The minimum absolute atomic E-state index is 0.103. The number of aryl methyl sites for hydroxylation is 5. The quantitative estimate of drug-likeness (QED) is 0.285. The Balaban J connectivity index is 1.20. The predicted octanol–water partition coefficient (Wildman–Crippen LogP) is 4.32. The number of piperazine rings is 1. The van der Waals surface area contributed by atoms with E-state index in [2.05, 4.69) is 80.6 Å². The van der Waals surface area contributed by atoms with Crippen LogP contribution in [0, 0.1) is 20.8 Å². The van der Waals surface area contributed by atoms with Crippen molar-refractivity contribution in [3.05, 3.63) is 110 Å². The summed E-state index contributed by atoms with van der Waals surface area (Å²) in [6.45, 7) is 11.2. The number of H-pyrrole nitrogens is 1. The van der Waals surface area contributed by atoms with Gasteiger partial charge in [0.25, 0.3) is 5.56 Å². The summed E-state index contributed by atoms with van der Waals surface area (Å²) in [5.74, 6) is 2.30. The van der Waals surface area contributed by atoms with Crippen LogP contribution >= 0.6 is 0 Å².